The predicted octanol–water partition coefficient (Wildman–Crippen LogP) is 1.11. The second-order valence-corrected chi connectivity index (χ2v) is 7.58. The summed E-state index contributed by atoms with van der Waals surface area (Å²) in [5, 5.41) is 2.93. The molecule has 1 aromatic rings. The van der Waals surface area contributed by atoms with E-state index in [1.807, 2.05) is 43.9 Å². The molecule has 1 saturated heterocycles. The average Bonchev–Trinajstić information content (AvgIpc) is 3.04. The van der Waals surface area contributed by atoms with Gasteiger partial charge in [-0.1, -0.05) is 18.2 Å². The van der Waals surface area contributed by atoms with Gasteiger partial charge in [-0.25, -0.2) is 0 Å². The molecule has 1 fully saturated rings. The maximum Gasteiger partial charge on any atom is 0.244 e. The predicted molar refractivity (Wildman–Crippen MR) is 103 cm³/mol. The Morgan fingerprint density at radius 3 is 2.42 bits per heavy atom. The van der Waals surface area contributed by atoms with E-state index in [1.165, 1.54) is 5.56 Å². The maximum absolute atomic E-state index is 13.0. The minimum atomic E-state index is -0.132. The van der Waals surface area contributed by atoms with Gasteiger partial charge in [-0.15, -0.1) is 0 Å². The molecule has 1 aromatic carbocycles. The number of hydrogen-bond donors (Lipinski definition) is 1. The van der Waals surface area contributed by atoms with E-state index < -0.39 is 0 Å². The maximum atomic E-state index is 13.0. The number of fused-ring (bicyclic) bond motifs is 1. The summed E-state index contributed by atoms with van der Waals surface area (Å²) in [7, 11) is 0. The number of carbonyl (C=O) groups is 2. The Bertz CT molecular complexity index is 653. The molecule has 142 valence electrons. The SMILES string of the molecule is CC(C)NC(=O)CN1CCN([C@@H](C)C(=O)N2CCc3ccccc32)CC1. The van der Waals surface area contributed by atoms with Crippen molar-refractivity contribution in [2.45, 2.75) is 39.3 Å². The van der Waals surface area contributed by atoms with Crippen molar-refractivity contribution in [2.75, 3.05) is 44.2 Å². The molecular weight excluding hydrogens is 328 g/mol. The van der Waals surface area contributed by atoms with Crippen LogP contribution in [0.5, 0.6) is 0 Å². The second-order valence-electron chi connectivity index (χ2n) is 7.58. The van der Waals surface area contributed by atoms with Crippen LogP contribution in [0.1, 0.15) is 26.3 Å². The summed E-state index contributed by atoms with van der Waals surface area (Å²) in [6.45, 7) is 10.4. The van der Waals surface area contributed by atoms with E-state index in [9.17, 15) is 9.59 Å². The number of amides is 2. The number of rotatable bonds is 5. The van der Waals surface area contributed by atoms with Gasteiger partial charge in [0.2, 0.25) is 11.8 Å². The van der Waals surface area contributed by atoms with Crippen LogP contribution in [0.4, 0.5) is 5.69 Å². The van der Waals surface area contributed by atoms with Crippen molar-refractivity contribution in [1.29, 1.82) is 0 Å². The van der Waals surface area contributed by atoms with Crippen LogP contribution in [0, 0.1) is 0 Å². The van der Waals surface area contributed by atoms with Crippen LogP contribution in [0.15, 0.2) is 24.3 Å². The van der Waals surface area contributed by atoms with Crippen molar-refractivity contribution in [3.05, 3.63) is 29.8 Å². The molecule has 2 aliphatic rings. The van der Waals surface area contributed by atoms with Crippen LogP contribution in [0.3, 0.4) is 0 Å². The quantitative estimate of drug-likeness (QED) is 0.857. The van der Waals surface area contributed by atoms with Crippen molar-refractivity contribution in [1.82, 2.24) is 15.1 Å². The third kappa shape index (κ3) is 4.24. The highest BCUT2D eigenvalue weighted by Crippen LogP contribution is 2.28. The van der Waals surface area contributed by atoms with Gasteiger partial charge in [0.15, 0.2) is 0 Å². The topological polar surface area (TPSA) is 55.9 Å². The smallest absolute Gasteiger partial charge is 0.244 e. The number of benzene rings is 1. The molecule has 1 N–H and O–H groups in total. The van der Waals surface area contributed by atoms with Gasteiger partial charge in [-0.2, -0.15) is 0 Å². The standard InChI is InChI=1S/C20H30N4O2/c1-15(2)21-19(25)14-22-10-12-23(13-11-22)16(3)20(26)24-9-8-17-6-4-5-7-18(17)24/h4-7,15-16H,8-14H2,1-3H3,(H,21,25)/t16-/m0/s1. The monoisotopic (exact) mass is 358 g/mol. The highest BCUT2D eigenvalue weighted by atomic mass is 16.2. The lowest BCUT2D eigenvalue weighted by molar-refractivity contribution is -0.126. The zero-order valence-electron chi connectivity index (χ0n) is 16.1. The molecule has 0 aliphatic carbocycles. The molecule has 6 nitrogen and oxygen atoms in total. The number of piperazine rings is 1. The molecule has 0 spiro atoms. The molecular formula is C20H30N4O2. The van der Waals surface area contributed by atoms with E-state index >= 15 is 0 Å². The fraction of sp³-hybridized carbons (Fsp3) is 0.600. The van der Waals surface area contributed by atoms with Crippen molar-refractivity contribution < 1.29 is 9.59 Å². The molecule has 2 heterocycles. The minimum absolute atomic E-state index is 0.0752. The summed E-state index contributed by atoms with van der Waals surface area (Å²) in [6, 6.07) is 8.21. The van der Waals surface area contributed by atoms with Gasteiger partial charge in [-0.3, -0.25) is 19.4 Å². The van der Waals surface area contributed by atoms with Crippen LogP contribution in [-0.2, 0) is 16.0 Å². The Balaban J connectivity index is 1.52. The van der Waals surface area contributed by atoms with E-state index in [1.54, 1.807) is 0 Å². The van der Waals surface area contributed by atoms with Gasteiger partial charge in [0.25, 0.3) is 0 Å². The van der Waals surface area contributed by atoms with Crippen molar-refractivity contribution in [2.24, 2.45) is 0 Å². The Morgan fingerprint density at radius 2 is 1.73 bits per heavy atom. The molecule has 0 unspecified atom stereocenters. The Labute approximate surface area is 156 Å². The number of para-hydroxylation sites is 1. The van der Waals surface area contributed by atoms with E-state index in [0.29, 0.717) is 6.54 Å². The molecule has 3 rings (SSSR count). The molecule has 0 aromatic heterocycles. The van der Waals surface area contributed by atoms with Gasteiger partial charge in [0.1, 0.15) is 0 Å². The van der Waals surface area contributed by atoms with Crippen LogP contribution < -0.4 is 10.2 Å². The minimum Gasteiger partial charge on any atom is -0.353 e. The van der Waals surface area contributed by atoms with Crippen molar-refractivity contribution >= 4 is 17.5 Å². The first-order valence-electron chi connectivity index (χ1n) is 9.60. The van der Waals surface area contributed by atoms with Gasteiger partial charge in [-0.05, 0) is 38.8 Å². The Hall–Kier alpha value is -1.92. The fourth-order valence-corrected chi connectivity index (χ4v) is 3.83. The molecule has 1 atom stereocenters. The van der Waals surface area contributed by atoms with Gasteiger partial charge >= 0.3 is 0 Å². The summed E-state index contributed by atoms with van der Waals surface area (Å²) in [5.74, 6) is 0.257. The lowest BCUT2D eigenvalue weighted by Crippen LogP contribution is -2.55. The highest BCUT2D eigenvalue weighted by molar-refractivity contribution is 5.98. The van der Waals surface area contributed by atoms with Crippen LogP contribution in [0.2, 0.25) is 0 Å². The number of nitrogens with one attached hydrogen (secondary N) is 1. The summed E-state index contributed by atoms with van der Waals surface area (Å²) in [6.07, 6.45) is 0.938. The second kappa shape index (κ2) is 8.18. The molecule has 0 saturated carbocycles. The molecule has 0 bridgehead atoms. The third-order valence-electron chi connectivity index (χ3n) is 5.28. The van der Waals surface area contributed by atoms with E-state index in [4.69, 9.17) is 0 Å². The van der Waals surface area contributed by atoms with Crippen LogP contribution in [0.25, 0.3) is 0 Å². The van der Waals surface area contributed by atoms with Crippen LogP contribution >= 0.6 is 0 Å². The number of carbonyl (C=O) groups excluding carboxylic acids is 2. The van der Waals surface area contributed by atoms with Gasteiger partial charge in [0, 0.05) is 44.5 Å². The first-order valence-corrected chi connectivity index (χ1v) is 9.60. The largest absolute Gasteiger partial charge is 0.353 e. The summed E-state index contributed by atoms with van der Waals surface area (Å²) in [5.41, 5.74) is 2.32. The zero-order valence-corrected chi connectivity index (χ0v) is 16.1. The van der Waals surface area contributed by atoms with E-state index in [-0.39, 0.29) is 23.9 Å². The summed E-state index contributed by atoms with van der Waals surface area (Å²) in [4.78, 5) is 31.2. The van der Waals surface area contributed by atoms with E-state index in [2.05, 4.69) is 21.2 Å². The normalized spacial score (nSPS) is 19.5. The zero-order chi connectivity index (χ0) is 18.7. The van der Waals surface area contributed by atoms with Crippen molar-refractivity contribution in [3.8, 4) is 0 Å². The van der Waals surface area contributed by atoms with Gasteiger partial charge in [0.05, 0.1) is 12.6 Å². The first kappa shape index (κ1) is 18.9. The third-order valence-corrected chi connectivity index (χ3v) is 5.28. The molecule has 0 radical (unpaired) electrons. The average molecular weight is 358 g/mol. The Morgan fingerprint density at radius 1 is 1.04 bits per heavy atom. The molecule has 2 aliphatic heterocycles. The Kier molecular flexibility index (Phi) is 5.94. The van der Waals surface area contributed by atoms with Crippen molar-refractivity contribution in [3.63, 3.8) is 0 Å². The summed E-state index contributed by atoms with van der Waals surface area (Å²) < 4.78 is 0. The summed E-state index contributed by atoms with van der Waals surface area (Å²) >= 11 is 0. The lowest BCUT2D eigenvalue weighted by Gasteiger charge is -2.38. The lowest BCUT2D eigenvalue weighted by atomic mass is 10.1. The number of nitrogens with zero attached hydrogens (tertiary/aromatic N) is 3. The fourth-order valence-electron chi connectivity index (χ4n) is 3.83. The number of anilines is 1. The highest BCUT2D eigenvalue weighted by Gasteiger charge is 2.32. The molecule has 26 heavy (non-hydrogen) atoms. The van der Waals surface area contributed by atoms with Gasteiger partial charge < -0.3 is 10.2 Å². The van der Waals surface area contributed by atoms with Crippen LogP contribution in [-0.4, -0.2) is 73.0 Å². The van der Waals surface area contributed by atoms with E-state index in [0.717, 1.165) is 44.8 Å². The first-order chi connectivity index (χ1) is 12.5. The number of hydrogen-bond acceptors (Lipinski definition) is 4. The molecule has 2 amide bonds. The molecule has 6 heteroatoms.